The molecule has 16 heavy (non-hydrogen) atoms. The predicted octanol–water partition coefficient (Wildman–Crippen LogP) is 5.50. The quantitative estimate of drug-likeness (QED) is 0.615. The second kappa shape index (κ2) is 6.46. The van der Waals surface area contributed by atoms with Crippen molar-refractivity contribution in [3.63, 3.8) is 0 Å². The van der Waals surface area contributed by atoms with Crippen LogP contribution in [0.15, 0.2) is 12.1 Å². The minimum absolute atomic E-state index is 0.251. The number of rotatable bonds is 5. The van der Waals surface area contributed by atoms with Crippen molar-refractivity contribution in [2.45, 2.75) is 39.5 Å². The van der Waals surface area contributed by atoms with Crippen LogP contribution in [0.3, 0.4) is 0 Å². The molecule has 0 aliphatic carbocycles. The lowest BCUT2D eigenvalue weighted by molar-refractivity contribution is 0.491. The molecule has 3 heteroatoms. The Hall–Kier alpha value is -0.270. The molecule has 0 saturated carbocycles. The Morgan fingerprint density at radius 2 is 2.00 bits per heavy atom. The maximum Gasteiger partial charge on any atom is 0.127 e. The molecule has 0 radical (unpaired) electrons. The van der Waals surface area contributed by atoms with Gasteiger partial charge in [0.2, 0.25) is 0 Å². The summed E-state index contributed by atoms with van der Waals surface area (Å²) in [5.74, 6) is 0.430. The molecule has 1 unspecified atom stereocenters. The van der Waals surface area contributed by atoms with E-state index in [1.54, 1.807) is 0 Å². The fourth-order valence-electron chi connectivity index (χ4n) is 1.63. The Morgan fingerprint density at radius 1 is 1.31 bits per heavy atom. The molecule has 90 valence electrons. The zero-order valence-corrected chi connectivity index (χ0v) is 11.2. The number of hydrogen-bond acceptors (Lipinski definition) is 0. The van der Waals surface area contributed by atoms with Gasteiger partial charge in [0.1, 0.15) is 5.82 Å². The van der Waals surface area contributed by atoms with Gasteiger partial charge in [-0.3, -0.25) is 0 Å². The summed E-state index contributed by atoms with van der Waals surface area (Å²) in [6.45, 7) is 4.37. The molecular weight excluding hydrogens is 246 g/mol. The first-order valence-corrected chi connectivity index (χ1v) is 6.44. The summed E-state index contributed by atoms with van der Waals surface area (Å²) in [4.78, 5) is 0. The van der Waals surface area contributed by atoms with Gasteiger partial charge in [0.15, 0.2) is 0 Å². The first kappa shape index (κ1) is 13.8. The van der Waals surface area contributed by atoms with E-state index in [9.17, 15) is 4.39 Å². The highest BCUT2D eigenvalue weighted by atomic mass is 35.5. The maximum atomic E-state index is 13.5. The summed E-state index contributed by atoms with van der Waals surface area (Å²) >= 11 is 11.8. The molecule has 1 rings (SSSR count). The Morgan fingerprint density at radius 3 is 2.62 bits per heavy atom. The fourth-order valence-corrected chi connectivity index (χ4v) is 2.05. The van der Waals surface area contributed by atoms with Crippen LogP contribution in [0, 0.1) is 11.7 Å². The molecule has 1 atom stereocenters. The fraction of sp³-hybridized carbons (Fsp3) is 0.538. The van der Waals surface area contributed by atoms with Crippen LogP contribution < -0.4 is 0 Å². The average molecular weight is 263 g/mol. The predicted molar refractivity (Wildman–Crippen MR) is 68.8 cm³/mol. The molecule has 1 aromatic carbocycles. The van der Waals surface area contributed by atoms with Gasteiger partial charge in [-0.25, -0.2) is 4.39 Å². The van der Waals surface area contributed by atoms with Crippen molar-refractivity contribution in [1.82, 2.24) is 0 Å². The van der Waals surface area contributed by atoms with Crippen molar-refractivity contribution in [2.24, 2.45) is 5.92 Å². The molecule has 0 fully saturated rings. The van der Waals surface area contributed by atoms with E-state index in [1.165, 1.54) is 12.1 Å². The van der Waals surface area contributed by atoms with Crippen LogP contribution in [0.2, 0.25) is 10.0 Å². The molecule has 0 aliphatic heterocycles. The van der Waals surface area contributed by atoms with Gasteiger partial charge in [0.25, 0.3) is 0 Å². The van der Waals surface area contributed by atoms with Gasteiger partial charge in [-0.05, 0) is 30.9 Å². The molecule has 0 amide bonds. The van der Waals surface area contributed by atoms with E-state index in [0.717, 1.165) is 19.3 Å². The van der Waals surface area contributed by atoms with Crippen LogP contribution in [-0.4, -0.2) is 0 Å². The van der Waals surface area contributed by atoms with E-state index in [1.807, 2.05) is 0 Å². The van der Waals surface area contributed by atoms with Gasteiger partial charge >= 0.3 is 0 Å². The van der Waals surface area contributed by atoms with E-state index in [-0.39, 0.29) is 5.82 Å². The molecule has 0 nitrogen and oxygen atoms in total. The van der Waals surface area contributed by atoms with Gasteiger partial charge in [0, 0.05) is 5.56 Å². The van der Waals surface area contributed by atoms with Crippen molar-refractivity contribution in [2.75, 3.05) is 0 Å². The molecule has 1 aromatic rings. The Labute approximate surface area is 107 Å². The second-order valence-electron chi connectivity index (χ2n) is 4.23. The lowest BCUT2D eigenvalue weighted by Gasteiger charge is -2.10. The zero-order chi connectivity index (χ0) is 12.1. The third-order valence-electron chi connectivity index (χ3n) is 2.96. The van der Waals surface area contributed by atoms with Crippen molar-refractivity contribution in [3.05, 3.63) is 33.6 Å². The molecular formula is C13H17Cl2F. The van der Waals surface area contributed by atoms with E-state index in [0.29, 0.717) is 27.9 Å². The highest BCUT2D eigenvalue weighted by molar-refractivity contribution is 6.42. The monoisotopic (exact) mass is 262 g/mol. The first-order valence-electron chi connectivity index (χ1n) is 5.68. The largest absolute Gasteiger partial charge is 0.207 e. The summed E-state index contributed by atoms with van der Waals surface area (Å²) in [7, 11) is 0. The minimum atomic E-state index is -0.251. The Kier molecular flexibility index (Phi) is 5.57. The summed E-state index contributed by atoms with van der Waals surface area (Å²) in [5.41, 5.74) is 0.553. The zero-order valence-electron chi connectivity index (χ0n) is 9.69. The number of hydrogen-bond donors (Lipinski definition) is 0. The summed E-state index contributed by atoms with van der Waals surface area (Å²) in [6, 6.07) is 2.88. The van der Waals surface area contributed by atoms with Crippen LogP contribution in [0.4, 0.5) is 4.39 Å². The lowest BCUT2D eigenvalue weighted by Crippen LogP contribution is -1.97. The minimum Gasteiger partial charge on any atom is -0.207 e. The van der Waals surface area contributed by atoms with Crippen molar-refractivity contribution >= 4 is 23.2 Å². The van der Waals surface area contributed by atoms with Crippen LogP contribution in [0.25, 0.3) is 0 Å². The molecule has 0 aliphatic rings. The van der Waals surface area contributed by atoms with E-state index < -0.39 is 0 Å². The van der Waals surface area contributed by atoms with Crippen LogP contribution >= 0.6 is 23.2 Å². The molecule has 0 N–H and O–H groups in total. The third kappa shape index (κ3) is 3.64. The summed E-state index contributed by atoms with van der Waals surface area (Å²) in [5, 5.41) is 0.799. The Bertz CT molecular complexity index is 350. The third-order valence-corrected chi connectivity index (χ3v) is 3.80. The van der Waals surface area contributed by atoms with Crippen molar-refractivity contribution in [3.8, 4) is 0 Å². The average Bonchev–Trinajstić information content (AvgIpc) is 2.28. The van der Waals surface area contributed by atoms with E-state index in [4.69, 9.17) is 23.2 Å². The summed E-state index contributed by atoms with van der Waals surface area (Å²) < 4.78 is 13.5. The van der Waals surface area contributed by atoms with Crippen molar-refractivity contribution in [1.29, 1.82) is 0 Å². The number of benzene rings is 1. The first-order chi connectivity index (χ1) is 7.56. The van der Waals surface area contributed by atoms with Gasteiger partial charge in [-0.15, -0.1) is 0 Å². The molecule has 0 spiro atoms. The molecule has 0 bridgehead atoms. The van der Waals surface area contributed by atoms with E-state index in [2.05, 4.69) is 13.8 Å². The van der Waals surface area contributed by atoms with Crippen LogP contribution in [-0.2, 0) is 6.42 Å². The van der Waals surface area contributed by atoms with Crippen molar-refractivity contribution < 1.29 is 4.39 Å². The van der Waals surface area contributed by atoms with Crippen LogP contribution in [0.1, 0.15) is 38.7 Å². The van der Waals surface area contributed by atoms with Gasteiger partial charge in [0.05, 0.1) is 10.0 Å². The normalized spacial score (nSPS) is 12.8. The highest BCUT2D eigenvalue weighted by Gasteiger charge is 2.10. The second-order valence-corrected chi connectivity index (χ2v) is 5.01. The standard InChI is InChI=1S/C13H17Cl2F/c1-3-9(2)5-4-6-10-12(16)8-7-11(14)13(10)15/h7-9H,3-6H2,1-2H3. The molecule has 0 heterocycles. The smallest absolute Gasteiger partial charge is 0.127 e. The topological polar surface area (TPSA) is 0 Å². The molecule has 0 saturated heterocycles. The highest BCUT2D eigenvalue weighted by Crippen LogP contribution is 2.29. The summed E-state index contributed by atoms with van der Waals surface area (Å²) in [6.07, 6.45) is 3.87. The molecule has 0 aromatic heterocycles. The lowest BCUT2D eigenvalue weighted by atomic mass is 9.99. The van der Waals surface area contributed by atoms with Gasteiger partial charge in [-0.2, -0.15) is 0 Å². The maximum absolute atomic E-state index is 13.5. The SMILES string of the molecule is CCC(C)CCCc1c(F)ccc(Cl)c1Cl. The number of halogens is 3. The van der Waals surface area contributed by atoms with E-state index >= 15 is 0 Å². The van der Waals surface area contributed by atoms with Gasteiger partial charge in [-0.1, -0.05) is 49.9 Å². The van der Waals surface area contributed by atoms with Crippen LogP contribution in [0.5, 0.6) is 0 Å². The Balaban J connectivity index is 2.63. The van der Waals surface area contributed by atoms with Gasteiger partial charge < -0.3 is 0 Å².